The first-order valence-electron chi connectivity index (χ1n) is 4.64. The second-order valence-electron chi connectivity index (χ2n) is 3.38. The van der Waals surface area contributed by atoms with Gasteiger partial charge in [0.05, 0.1) is 0 Å². The SMILES string of the molecule is CC(C)C(=O)Nc1ccc(OC=O)cc1. The van der Waals surface area contributed by atoms with Gasteiger partial charge in [-0.25, -0.2) is 0 Å². The van der Waals surface area contributed by atoms with Crippen LogP contribution in [0.2, 0.25) is 0 Å². The number of rotatable bonds is 4. The summed E-state index contributed by atoms with van der Waals surface area (Å²) in [5.41, 5.74) is 0.687. The molecule has 4 heteroatoms. The molecule has 4 nitrogen and oxygen atoms in total. The van der Waals surface area contributed by atoms with E-state index in [0.29, 0.717) is 17.9 Å². The molecular formula is C11H13NO3. The van der Waals surface area contributed by atoms with Gasteiger partial charge in [-0.2, -0.15) is 0 Å². The second kappa shape index (κ2) is 5.14. The minimum Gasteiger partial charge on any atom is -0.429 e. The van der Waals surface area contributed by atoms with E-state index in [0.717, 1.165) is 0 Å². The van der Waals surface area contributed by atoms with Crippen molar-refractivity contribution in [2.24, 2.45) is 5.92 Å². The van der Waals surface area contributed by atoms with E-state index >= 15 is 0 Å². The van der Waals surface area contributed by atoms with E-state index in [4.69, 9.17) is 0 Å². The lowest BCUT2D eigenvalue weighted by Gasteiger charge is -2.07. The van der Waals surface area contributed by atoms with Gasteiger partial charge in [0.2, 0.25) is 5.91 Å². The Morgan fingerprint density at radius 1 is 1.33 bits per heavy atom. The Hall–Kier alpha value is -1.84. The smallest absolute Gasteiger partial charge is 0.298 e. The highest BCUT2D eigenvalue weighted by molar-refractivity contribution is 5.92. The molecule has 0 aromatic heterocycles. The minimum absolute atomic E-state index is 0.0425. The molecule has 0 fully saturated rings. The van der Waals surface area contributed by atoms with E-state index in [2.05, 4.69) is 10.1 Å². The molecular weight excluding hydrogens is 194 g/mol. The van der Waals surface area contributed by atoms with Gasteiger partial charge in [0, 0.05) is 11.6 Å². The van der Waals surface area contributed by atoms with Crippen molar-refractivity contribution < 1.29 is 14.3 Å². The Balaban J connectivity index is 2.64. The molecule has 0 heterocycles. The largest absolute Gasteiger partial charge is 0.429 e. The Morgan fingerprint density at radius 3 is 2.40 bits per heavy atom. The first-order valence-corrected chi connectivity index (χ1v) is 4.64. The summed E-state index contributed by atoms with van der Waals surface area (Å²) in [7, 11) is 0. The van der Waals surface area contributed by atoms with Crippen LogP contribution in [0.15, 0.2) is 24.3 Å². The van der Waals surface area contributed by atoms with Gasteiger partial charge in [0.1, 0.15) is 5.75 Å². The van der Waals surface area contributed by atoms with Crippen LogP contribution >= 0.6 is 0 Å². The lowest BCUT2D eigenvalue weighted by molar-refractivity contribution is -0.121. The minimum atomic E-state index is -0.0594. The van der Waals surface area contributed by atoms with E-state index in [1.54, 1.807) is 24.3 Å². The van der Waals surface area contributed by atoms with E-state index in [1.165, 1.54) is 0 Å². The Kier molecular flexibility index (Phi) is 3.85. The third kappa shape index (κ3) is 3.42. The van der Waals surface area contributed by atoms with Gasteiger partial charge in [-0.3, -0.25) is 9.59 Å². The molecule has 1 N–H and O–H groups in total. The summed E-state index contributed by atoms with van der Waals surface area (Å²) >= 11 is 0. The molecule has 15 heavy (non-hydrogen) atoms. The van der Waals surface area contributed by atoms with E-state index in [9.17, 15) is 9.59 Å². The van der Waals surface area contributed by atoms with Crippen LogP contribution in [-0.2, 0) is 9.59 Å². The van der Waals surface area contributed by atoms with Gasteiger partial charge in [-0.05, 0) is 24.3 Å². The van der Waals surface area contributed by atoms with Crippen LogP contribution in [0.25, 0.3) is 0 Å². The summed E-state index contributed by atoms with van der Waals surface area (Å²) < 4.78 is 4.62. The molecule has 0 saturated carbocycles. The average molecular weight is 207 g/mol. The zero-order valence-corrected chi connectivity index (χ0v) is 8.69. The summed E-state index contributed by atoms with van der Waals surface area (Å²) in [6.07, 6.45) is 0. The highest BCUT2D eigenvalue weighted by Crippen LogP contribution is 2.15. The summed E-state index contributed by atoms with van der Waals surface area (Å²) in [5, 5.41) is 2.73. The van der Waals surface area contributed by atoms with Crippen molar-refractivity contribution in [2.75, 3.05) is 5.32 Å². The fourth-order valence-electron chi connectivity index (χ4n) is 0.959. The number of amides is 1. The molecule has 0 aliphatic heterocycles. The zero-order chi connectivity index (χ0) is 11.3. The molecule has 0 atom stereocenters. The standard InChI is InChI=1S/C11H13NO3/c1-8(2)11(14)12-9-3-5-10(6-4-9)15-7-13/h3-8H,1-2H3,(H,12,14). The first kappa shape index (κ1) is 11.2. The third-order valence-electron chi connectivity index (χ3n) is 1.83. The molecule has 0 aliphatic rings. The molecule has 1 rings (SSSR count). The van der Waals surface area contributed by atoms with Crippen molar-refractivity contribution in [3.05, 3.63) is 24.3 Å². The number of ether oxygens (including phenoxy) is 1. The van der Waals surface area contributed by atoms with Crippen molar-refractivity contribution in [1.82, 2.24) is 0 Å². The fraction of sp³-hybridized carbons (Fsp3) is 0.273. The van der Waals surface area contributed by atoms with Crippen molar-refractivity contribution in [3.8, 4) is 5.75 Å². The van der Waals surface area contributed by atoms with Crippen LogP contribution in [0.5, 0.6) is 5.75 Å². The van der Waals surface area contributed by atoms with Crippen LogP contribution < -0.4 is 10.1 Å². The maximum absolute atomic E-state index is 11.3. The van der Waals surface area contributed by atoms with E-state index in [-0.39, 0.29) is 11.8 Å². The maximum atomic E-state index is 11.3. The van der Waals surface area contributed by atoms with E-state index < -0.39 is 0 Å². The highest BCUT2D eigenvalue weighted by atomic mass is 16.5. The number of benzene rings is 1. The normalized spacial score (nSPS) is 9.80. The monoisotopic (exact) mass is 207 g/mol. The molecule has 0 bridgehead atoms. The summed E-state index contributed by atoms with van der Waals surface area (Å²) in [6.45, 7) is 4.00. The van der Waals surface area contributed by atoms with Gasteiger partial charge in [-0.1, -0.05) is 13.8 Å². The van der Waals surface area contributed by atoms with Crippen molar-refractivity contribution in [3.63, 3.8) is 0 Å². The first-order chi connectivity index (χ1) is 7.13. The van der Waals surface area contributed by atoms with Crippen LogP contribution in [0.4, 0.5) is 5.69 Å². The third-order valence-corrected chi connectivity index (χ3v) is 1.83. The summed E-state index contributed by atoms with van der Waals surface area (Å²) in [4.78, 5) is 21.4. The van der Waals surface area contributed by atoms with Crippen molar-refractivity contribution >= 4 is 18.1 Å². The lowest BCUT2D eigenvalue weighted by Crippen LogP contribution is -2.17. The number of carbonyl (C=O) groups is 2. The molecule has 0 saturated heterocycles. The number of hydrogen-bond donors (Lipinski definition) is 1. The summed E-state index contributed by atoms with van der Waals surface area (Å²) in [5.74, 6) is 0.350. The topological polar surface area (TPSA) is 55.4 Å². The molecule has 0 radical (unpaired) electrons. The van der Waals surface area contributed by atoms with Crippen LogP contribution in [0, 0.1) is 5.92 Å². The molecule has 1 amide bonds. The van der Waals surface area contributed by atoms with Gasteiger partial charge in [-0.15, -0.1) is 0 Å². The Labute approximate surface area is 88.2 Å². The molecule has 0 aliphatic carbocycles. The van der Waals surface area contributed by atoms with Crippen LogP contribution in [0.1, 0.15) is 13.8 Å². The van der Waals surface area contributed by atoms with Crippen molar-refractivity contribution in [1.29, 1.82) is 0 Å². The van der Waals surface area contributed by atoms with Crippen LogP contribution in [0.3, 0.4) is 0 Å². The second-order valence-corrected chi connectivity index (χ2v) is 3.38. The highest BCUT2D eigenvalue weighted by Gasteiger charge is 2.06. The predicted molar refractivity (Wildman–Crippen MR) is 56.6 cm³/mol. The van der Waals surface area contributed by atoms with E-state index in [1.807, 2.05) is 13.8 Å². The van der Waals surface area contributed by atoms with Crippen molar-refractivity contribution in [2.45, 2.75) is 13.8 Å². The Bertz CT molecular complexity index is 343. The number of carbonyl (C=O) groups excluding carboxylic acids is 2. The number of nitrogens with one attached hydrogen (secondary N) is 1. The van der Waals surface area contributed by atoms with Gasteiger partial charge in [0.25, 0.3) is 6.47 Å². The number of hydrogen-bond acceptors (Lipinski definition) is 3. The van der Waals surface area contributed by atoms with Crippen LogP contribution in [-0.4, -0.2) is 12.4 Å². The molecule has 0 spiro atoms. The molecule has 0 unspecified atom stereocenters. The van der Waals surface area contributed by atoms with Gasteiger partial charge in [0.15, 0.2) is 0 Å². The van der Waals surface area contributed by atoms with Gasteiger partial charge >= 0.3 is 0 Å². The fourth-order valence-corrected chi connectivity index (χ4v) is 0.959. The average Bonchev–Trinajstić information content (AvgIpc) is 2.21. The summed E-state index contributed by atoms with van der Waals surface area (Å²) in [6, 6.07) is 6.59. The van der Waals surface area contributed by atoms with Gasteiger partial charge < -0.3 is 10.1 Å². The predicted octanol–water partition coefficient (Wildman–Crippen LogP) is 1.82. The Morgan fingerprint density at radius 2 is 1.93 bits per heavy atom. The quantitative estimate of drug-likeness (QED) is 0.766. The molecule has 80 valence electrons. The zero-order valence-electron chi connectivity index (χ0n) is 8.69. The maximum Gasteiger partial charge on any atom is 0.298 e. The lowest BCUT2D eigenvalue weighted by atomic mass is 10.2. The number of anilines is 1. The molecule has 1 aromatic carbocycles. The molecule has 1 aromatic rings.